The smallest absolute Gasteiger partial charge is 0.373 e. The summed E-state index contributed by atoms with van der Waals surface area (Å²) >= 11 is 0. The van der Waals surface area contributed by atoms with Gasteiger partial charge in [-0.3, -0.25) is 9.68 Å². The topological polar surface area (TPSA) is 127 Å². The van der Waals surface area contributed by atoms with E-state index in [0.717, 1.165) is 12.5 Å². The summed E-state index contributed by atoms with van der Waals surface area (Å²) in [5.74, 6) is -4.00. The molecule has 2 aromatic rings. The van der Waals surface area contributed by atoms with Crippen LogP contribution < -0.4 is 0 Å². The molecule has 0 radical (unpaired) electrons. The average Bonchev–Trinajstić information content (AvgIpc) is 2.70. The maximum Gasteiger partial charge on any atom is 0.373 e. The van der Waals surface area contributed by atoms with Crippen molar-refractivity contribution in [2.24, 2.45) is 0 Å². The molecule has 0 saturated heterocycles. The van der Waals surface area contributed by atoms with Gasteiger partial charge in [0, 0.05) is 11.1 Å². The molecule has 2 rings (SSSR count). The fourth-order valence-corrected chi connectivity index (χ4v) is 2.31. The molecule has 2 aromatic carbocycles. The molecule has 0 unspecified atom stereocenters. The lowest BCUT2D eigenvalue weighted by Crippen LogP contribution is -2.15. The van der Waals surface area contributed by atoms with E-state index in [1.54, 1.807) is 0 Å². The van der Waals surface area contributed by atoms with Crippen molar-refractivity contribution in [1.29, 1.82) is 0 Å². The average molecular weight is 386 g/mol. The van der Waals surface area contributed by atoms with Gasteiger partial charge in [0.15, 0.2) is 5.78 Å². The van der Waals surface area contributed by atoms with Gasteiger partial charge in [-0.05, 0) is 36.8 Å². The minimum Gasteiger partial charge on any atom is -0.478 e. The number of rotatable bonds is 9. The zero-order chi connectivity index (χ0) is 20.7. The fraction of sp³-hybridized carbons (Fsp3) is 0.200. The van der Waals surface area contributed by atoms with E-state index in [9.17, 15) is 19.2 Å². The van der Waals surface area contributed by atoms with E-state index in [-0.39, 0.29) is 34.4 Å². The number of ketones is 1. The Hall–Kier alpha value is -3.52. The van der Waals surface area contributed by atoms with E-state index in [1.165, 1.54) is 36.4 Å². The summed E-state index contributed by atoms with van der Waals surface area (Å²) < 4.78 is 0. The van der Waals surface area contributed by atoms with Gasteiger partial charge in [-0.1, -0.05) is 25.5 Å². The fourth-order valence-electron chi connectivity index (χ4n) is 2.31. The molecule has 8 nitrogen and oxygen atoms in total. The number of carbonyl (C=O) groups is 4. The first-order valence-electron chi connectivity index (χ1n) is 8.44. The Balaban J connectivity index is 2.36. The second-order valence-corrected chi connectivity index (χ2v) is 5.82. The van der Waals surface area contributed by atoms with Crippen LogP contribution in [0.5, 0.6) is 0 Å². The van der Waals surface area contributed by atoms with Crippen molar-refractivity contribution >= 4 is 23.7 Å². The number of carbonyl (C=O) groups excluding carboxylic acids is 2. The second-order valence-electron chi connectivity index (χ2n) is 5.82. The maximum atomic E-state index is 12.8. The summed E-state index contributed by atoms with van der Waals surface area (Å²) in [6.45, 7) is 2.09. The lowest BCUT2D eigenvalue weighted by Gasteiger charge is -2.09. The van der Waals surface area contributed by atoms with Gasteiger partial charge >= 0.3 is 17.9 Å². The number of carboxylic acids is 2. The number of hydrogen-bond donors (Lipinski definition) is 2. The van der Waals surface area contributed by atoms with E-state index in [0.29, 0.717) is 6.42 Å². The van der Waals surface area contributed by atoms with Gasteiger partial charge in [-0.25, -0.2) is 14.4 Å². The molecule has 2 N–H and O–H groups in total. The Morgan fingerprint density at radius 3 is 1.96 bits per heavy atom. The normalized spacial score (nSPS) is 10.3. The lowest BCUT2D eigenvalue weighted by atomic mass is 9.96. The molecule has 8 heteroatoms. The van der Waals surface area contributed by atoms with Crippen molar-refractivity contribution in [3.8, 4) is 0 Å². The summed E-state index contributed by atoms with van der Waals surface area (Å²) in [6.07, 6.45) is 1.48. The highest BCUT2D eigenvalue weighted by molar-refractivity contribution is 6.15. The summed E-state index contributed by atoms with van der Waals surface area (Å²) in [5.41, 5.74) is -0.407. The molecule has 0 aliphatic rings. The van der Waals surface area contributed by atoms with E-state index in [1.807, 2.05) is 6.92 Å². The molecule has 0 bridgehead atoms. The molecule has 0 saturated carbocycles. The highest BCUT2D eigenvalue weighted by Gasteiger charge is 2.22. The van der Waals surface area contributed by atoms with Crippen LogP contribution in [-0.2, 0) is 9.78 Å². The van der Waals surface area contributed by atoms with Crippen LogP contribution in [0.1, 0.15) is 66.8 Å². The molecule has 0 fully saturated rings. The van der Waals surface area contributed by atoms with Crippen molar-refractivity contribution in [3.63, 3.8) is 0 Å². The highest BCUT2D eigenvalue weighted by atomic mass is 17.2. The lowest BCUT2D eigenvalue weighted by molar-refractivity contribution is -0.241. The van der Waals surface area contributed by atoms with Crippen LogP contribution in [0.3, 0.4) is 0 Å². The summed E-state index contributed by atoms with van der Waals surface area (Å²) in [7, 11) is 0. The molecule has 0 spiro atoms. The molecule has 0 aliphatic carbocycles. The Bertz CT molecular complexity index is 899. The molecule has 0 heterocycles. The van der Waals surface area contributed by atoms with Gasteiger partial charge < -0.3 is 10.2 Å². The highest BCUT2D eigenvalue weighted by Crippen LogP contribution is 2.19. The Morgan fingerprint density at radius 2 is 1.39 bits per heavy atom. The van der Waals surface area contributed by atoms with Crippen LogP contribution in [0, 0.1) is 0 Å². The summed E-state index contributed by atoms with van der Waals surface area (Å²) in [4.78, 5) is 56.7. The van der Waals surface area contributed by atoms with Crippen molar-refractivity contribution in [2.45, 2.75) is 19.8 Å². The molecular formula is C20H18O8. The molecule has 0 aliphatic heterocycles. The first-order valence-corrected chi connectivity index (χ1v) is 8.44. The third kappa shape index (κ3) is 5.01. The maximum absolute atomic E-state index is 12.8. The van der Waals surface area contributed by atoms with Gasteiger partial charge in [0.1, 0.15) is 0 Å². The number of benzene rings is 2. The molecule has 0 atom stereocenters. The van der Waals surface area contributed by atoms with E-state index in [2.05, 4.69) is 4.89 Å². The molecular weight excluding hydrogens is 368 g/mol. The van der Waals surface area contributed by atoms with Crippen LogP contribution in [-0.4, -0.2) is 40.5 Å². The quantitative estimate of drug-likeness (QED) is 0.291. The molecule has 146 valence electrons. The second kappa shape index (κ2) is 9.43. The van der Waals surface area contributed by atoms with Crippen LogP contribution >= 0.6 is 0 Å². The van der Waals surface area contributed by atoms with E-state index >= 15 is 0 Å². The van der Waals surface area contributed by atoms with E-state index < -0.39 is 23.7 Å². The number of aromatic carboxylic acids is 2. The molecule has 0 aromatic heterocycles. The van der Waals surface area contributed by atoms with Gasteiger partial charge in [-0.15, -0.1) is 0 Å². The third-order valence-corrected chi connectivity index (χ3v) is 3.84. The van der Waals surface area contributed by atoms with Crippen LogP contribution in [0.15, 0.2) is 42.5 Å². The third-order valence-electron chi connectivity index (χ3n) is 3.84. The largest absolute Gasteiger partial charge is 0.478 e. The van der Waals surface area contributed by atoms with Crippen molar-refractivity contribution < 1.29 is 39.2 Å². The predicted octanol–water partition coefficient (Wildman–Crippen LogP) is 3.20. The minimum absolute atomic E-state index is 0.00160. The zero-order valence-electron chi connectivity index (χ0n) is 15.0. The van der Waals surface area contributed by atoms with E-state index in [4.69, 9.17) is 15.1 Å². The summed E-state index contributed by atoms with van der Waals surface area (Å²) in [5, 5.41) is 18.1. The van der Waals surface area contributed by atoms with Crippen LogP contribution in [0.25, 0.3) is 0 Å². The summed E-state index contributed by atoms with van der Waals surface area (Å²) in [6, 6.07) is 8.57. The Morgan fingerprint density at radius 1 is 0.821 bits per heavy atom. The molecule has 0 amide bonds. The number of unbranched alkanes of at least 4 members (excludes halogenated alkanes) is 1. The van der Waals surface area contributed by atoms with Crippen molar-refractivity contribution in [2.75, 3.05) is 6.61 Å². The first-order chi connectivity index (χ1) is 13.3. The SMILES string of the molecule is CCCCOOC(=O)c1cc(C(=O)O)ccc1C(=O)c1ccc(C(=O)O)cc1. The standard InChI is InChI=1S/C20H18O8/c1-2-3-10-27-28-20(26)16-11-14(19(24)25)8-9-15(16)17(21)12-4-6-13(7-5-12)18(22)23/h4-9,11H,2-3,10H2,1H3,(H,22,23)(H,24,25). The first kappa shape index (κ1) is 20.8. The van der Waals surface area contributed by atoms with Gasteiger partial charge in [0.2, 0.25) is 0 Å². The monoisotopic (exact) mass is 386 g/mol. The van der Waals surface area contributed by atoms with Crippen molar-refractivity contribution in [3.05, 3.63) is 70.3 Å². The Labute approximate surface area is 160 Å². The van der Waals surface area contributed by atoms with Crippen LogP contribution in [0.2, 0.25) is 0 Å². The Kier molecular flexibility index (Phi) is 7.00. The van der Waals surface area contributed by atoms with Gasteiger partial charge in [0.25, 0.3) is 0 Å². The van der Waals surface area contributed by atoms with Crippen LogP contribution in [0.4, 0.5) is 0 Å². The number of hydrogen-bond acceptors (Lipinski definition) is 6. The number of carboxylic acid groups (broad SMARTS) is 2. The van der Waals surface area contributed by atoms with Crippen molar-refractivity contribution in [1.82, 2.24) is 0 Å². The molecule has 28 heavy (non-hydrogen) atoms. The van der Waals surface area contributed by atoms with Gasteiger partial charge in [-0.2, -0.15) is 4.89 Å². The van der Waals surface area contributed by atoms with Gasteiger partial charge in [0.05, 0.1) is 23.3 Å². The zero-order valence-corrected chi connectivity index (χ0v) is 15.0. The predicted molar refractivity (Wildman–Crippen MR) is 96.5 cm³/mol. The minimum atomic E-state index is -1.27.